The zero-order valence-corrected chi connectivity index (χ0v) is 11.9. The van der Waals surface area contributed by atoms with Crippen molar-refractivity contribution in [3.05, 3.63) is 29.8 Å². The summed E-state index contributed by atoms with van der Waals surface area (Å²) in [7, 11) is 1.79. The molecule has 0 aliphatic heterocycles. The summed E-state index contributed by atoms with van der Waals surface area (Å²) < 4.78 is 5.37. The van der Waals surface area contributed by atoms with Gasteiger partial charge >= 0.3 is 0 Å². The molecule has 1 rings (SSSR count). The van der Waals surface area contributed by atoms with Crippen molar-refractivity contribution in [2.45, 2.75) is 20.4 Å². The first-order valence-electron chi connectivity index (χ1n) is 6.11. The number of carbonyl (C=O) groups is 1. The van der Waals surface area contributed by atoms with Gasteiger partial charge in [-0.05, 0) is 24.6 Å². The van der Waals surface area contributed by atoms with E-state index in [1.54, 1.807) is 11.9 Å². The van der Waals surface area contributed by atoms with Gasteiger partial charge in [0.2, 0.25) is 5.91 Å². The Morgan fingerprint density at radius 2 is 2.00 bits per heavy atom. The molecule has 4 heteroatoms. The van der Waals surface area contributed by atoms with E-state index in [-0.39, 0.29) is 11.8 Å². The molecule has 1 unspecified atom stereocenters. The van der Waals surface area contributed by atoms with Crippen molar-refractivity contribution in [1.82, 2.24) is 4.90 Å². The van der Waals surface area contributed by atoms with Gasteiger partial charge in [0.25, 0.3) is 0 Å². The maximum absolute atomic E-state index is 11.9. The van der Waals surface area contributed by atoms with Crippen LogP contribution in [0.5, 0.6) is 5.75 Å². The van der Waals surface area contributed by atoms with E-state index in [1.807, 2.05) is 38.1 Å². The van der Waals surface area contributed by atoms with Crippen molar-refractivity contribution < 1.29 is 9.53 Å². The molecule has 0 aliphatic carbocycles. The van der Waals surface area contributed by atoms with Crippen LogP contribution in [0.3, 0.4) is 0 Å². The summed E-state index contributed by atoms with van der Waals surface area (Å²) in [6.45, 7) is 5.04. The van der Waals surface area contributed by atoms with Crippen LogP contribution in [0.1, 0.15) is 19.4 Å². The second-order valence-corrected chi connectivity index (χ2v) is 4.64. The van der Waals surface area contributed by atoms with Crippen LogP contribution in [0.4, 0.5) is 0 Å². The van der Waals surface area contributed by atoms with Crippen molar-refractivity contribution in [2.24, 2.45) is 5.92 Å². The smallest absolute Gasteiger partial charge is 0.226 e. The first-order valence-corrected chi connectivity index (χ1v) is 6.64. The van der Waals surface area contributed by atoms with Crippen LogP contribution in [0, 0.1) is 5.92 Å². The Labute approximate surface area is 114 Å². The molecule has 0 aliphatic rings. The van der Waals surface area contributed by atoms with Crippen LogP contribution < -0.4 is 4.74 Å². The third kappa shape index (κ3) is 4.22. The molecule has 0 heterocycles. The molecule has 1 aromatic carbocycles. The molecule has 100 valence electrons. The number of nitrogens with zero attached hydrogens (tertiary/aromatic N) is 1. The van der Waals surface area contributed by atoms with Crippen LogP contribution in [-0.4, -0.2) is 30.3 Å². The zero-order valence-electron chi connectivity index (χ0n) is 11.1. The normalized spacial score (nSPS) is 12.0. The number of amides is 1. The zero-order chi connectivity index (χ0) is 13.5. The first-order chi connectivity index (χ1) is 8.58. The lowest BCUT2D eigenvalue weighted by atomic mass is 10.1. The Bertz CT molecular complexity index is 378. The molecule has 1 atom stereocenters. The van der Waals surface area contributed by atoms with Gasteiger partial charge in [-0.15, -0.1) is 11.6 Å². The van der Waals surface area contributed by atoms with E-state index < -0.39 is 0 Å². The van der Waals surface area contributed by atoms with Crippen molar-refractivity contribution in [3.63, 3.8) is 0 Å². The third-order valence-electron chi connectivity index (χ3n) is 2.68. The van der Waals surface area contributed by atoms with Crippen LogP contribution >= 0.6 is 11.6 Å². The monoisotopic (exact) mass is 269 g/mol. The Hall–Kier alpha value is -1.22. The SMILES string of the molecule is CCOc1ccc(CN(C)C(=O)C(C)CCl)cc1. The van der Waals surface area contributed by atoms with Crippen LogP contribution in [0.2, 0.25) is 0 Å². The summed E-state index contributed by atoms with van der Waals surface area (Å²) in [4.78, 5) is 13.6. The van der Waals surface area contributed by atoms with Gasteiger partial charge in [0.05, 0.1) is 6.61 Å². The molecule has 0 spiro atoms. The van der Waals surface area contributed by atoms with Gasteiger partial charge in [-0.3, -0.25) is 4.79 Å². The fourth-order valence-corrected chi connectivity index (χ4v) is 1.78. The van der Waals surface area contributed by atoms with E-state index in [0.717, 1.165) is 11.3 Å². The molecule has 1 amide bonds. The molecular formula is C14H20ClNO2. The highest BCUT2D eigenvalue weighted by molar-refractivity contribution is 6.19. The summed E-state index contributed by atoms with van der Waals surface area (Å²) >= 11 is 5.69. The van der Waals surface area contributed by atoms with Gasteiger partial charge in [0, 0.05) is 25.4 Å². The summed E-state index contributed by atoms with van der Waals surface area (Å²) in [5.41, 5.74) is 1.08. The van der Waals surface area contributed by atoms with E-state index in [0.29, 0.717) is 19.0 Å². The van der Waals surface area contributed by atoms with Crippen LogP contribution in [0.15, 0.2) is 24.3 Å². The molecule has 0 radical (unpaired) electrons. The number of ether oxygens (including phenoxy) is 1. The van der Waals surface area contributed by atoms with E-state index >= 15 is 0 Å². The van der Waals surface area contributed by atoms with Gasteiger partial charge in [-0.2, -0.15) is 0 Å². The van der Waals surface area contributed by atoms with Crippen molar-refractivity contribution in [1.29, 1.82) is 0 Å². The lowest BCUT2D eigenvalue weighted by molar-refractivity contribution is -0.133. The number of hydrogen-bond donors (Lipinski definition) is 0. The van der Waals surface area contributed by atoms with Gasteiger partial charge in [-0.1, -0.05) is 19.1 Å². The number of alkyl halides is 1. The molecule has 0 bridgehead atoms. The van der Waals surface area contributed by atoms with E-state index in [2.05, 4.69) is 0 Å². The lowest BCUT2D eigenvalue weighted by Gasteiger charge is -2.20. The highest BCUT2D eigenvalue weighted by atomic mass is 35.5. The Morgan fingerprint density at radius 1 is 1.39 bits per heavy atom. The number of carbonyl (C=O) groups excluding carboxylic acids is 1. The maximum atomic E-state index is 11.9. The fourth-order valence-electron chi connectivity index (χ4n) is 1.65. The lowest BCUT2D eigenvalue weighted by Crippen LogP contribution is -2.31. The Morgan fingerprint density at radius 3 is 2.50 bits per heavy atom. The van der Waals surface area contributed by atoms with E-state index in [4.69, 9.17) is 16.3 Å². The molecule has 0 N–H and O–H groups in total. The molecule has 1 aromatic rings. The minimum absolute atomic E-state index is 0.0684. The molecule has 0 fully saturated rings. The van der Waals surface area contributed by atoms with E-state index in [9.17, 15) is 4.79 Å². The standard InChI is InChI=1S/C14H20ClNO2/c1-4-18-13-7-5-12(6-8-13)10-16(3)14(17)11(2)9-15/h5-8,11H,4,9-10H2,1-3H3. The van der Waals surface area contributed by atoms with Crippen molar-refractivity contribution >= 4 is 17.5 Å². The van der Waals surface area contributed by atoms with E-state index in [1.165, 1.54) is 0 Å². The molecule has 0 aromatic heterocycles. The summed E-state index contributed by atoms with van der Waals surface area (Å²) in [6.07, 6.45) is 0. The number of rotatable bonds is 6. The minimum Gasteiger partial charge on any atom is -0.494 e. The highest BCUT2D eigenvalue weighted by Crippen LogP contribution is 2.14. The van der Waals surface area contributed by atoms with Crippen molar-refractivity contribution in [3.8, 4) is 5.75 Å². The van der Waals surface area contributed by atoms with Gasteiger partial charge in [0.15, 0.2) is 0 Å². The third-order valence-corrected chi connectivity index (χ3v) is 3.15. The molecule has 0 saturated heterocycles. The predicted octanol–water partition coefficient (Wildman–Crippen LogP) is 2.92. The summed E-state index contributed by atoms with van der Waals surface area (Å²) in [6, 6.07) is 7.78. The van der Waals surface area contributed by atoms with Crippen molar-refractivity contribution in [2.75, 3.05) is 19.5 Å². The van der Waals surface area contributed by atoms with Crippen LogP contribution in [-0.2, 0) is 11.3 Å². The maximum Gasteiger partial charge on any atom is 0.226 e. The predicted molar refractivity (Wildman–Crippen MR) is 74.0 cm³/mol. The Balaban J connectivity index is 2.59. The second-order valence-electron chi connectivity index (χ2n) is 4.33. The number of hydrogen-bond acceptors (Lipinski definition) is 2. The topological polar surface area (TPSA) is 29.5 Å². The summed E-state index contributed by atoms with van der Waals surface area (Å²) in [5.74, 6) is 1.13. The number of halogens is 1. The summed E-state index contributed by atoms with van der Waals surface area (Å²) in [5, 5.41) is 0. The average molecular weight is 270 g/mol. The van der Waals surface area contributed by atoms with Gasteiger partial charge in [0.1, 0.15) is 5.75 Å². The second kappa shape index (κ2) is 7.27. The van der Waals surface area contributed by atoms with Crippen LogP contribution in [0.25, 0.3) is 0 Å². The highest BCUT2D eigenvalue weighted by Gasteiger charge is 2.16. The molecule has 0 saturated carbocycles. The minimum atomic E-state index is -0.139. The molecule has 18 heavy (non-hydrogen) atoms. The van der Waals surface area contributed by atoms with Gasteiger partial charge in [-0.25, -0.2) is 0 Å². The quantitative estimate of drug-likeness (QED) is 0.743. The number of benzene rings is 1. The first kappa shape index (κ1) is 14.8. The average Bonchev–Trinajstić information content (AvgIpc) is 2.39. The molecule has 3 nitrogen and oxygen atoms in total. The molecular weight excluding hydrogens is 250 g/mol. The fraction of sp³-hybridized carbons (Fsp3) is 0.500. The Kier molecular flexibility index (Phi) is 5.99. The largest absolute Gasteiger partial charge is 0.494 e. The van der Waals surface area contributed by atoms with Gasteiger partial charge < -0.3 is 9.64 Å².